The summed E-state index contributed by atoms with van der Waals surface area (Å²) in [5.74, 6) is -2.91. The second kappa shape index (κ2) is 7.88. The van der Waals surface area contributed by atoms with E-state index >= 15 is 0 Å². The van der Waals surface area contributed by atoms with E-state index in [1.54, 1.807) is 10.3 Å². The Labute approximate surface area is 153 Å². The Morgan fingerprint density at radius 3 is 2.58 bits per heavy atom. The van der Waals surface area contributed by atoms with Crippen LogP contribution in [0, 0.1) is 11.6 Å². The third-order valence-corrected chi connectivity index (χ3v) is 4.99. The van der Waals surface area contributed by atoms with Gasteiger partial charge in [-0.1, -0.05) is 6.92 Å². The number of halogens is 2. The number of hydrogen-bond acceptors (Lipinski definition) is 5. The number of piperazine rings is 1. The highest BCUT2D eigenvalue weighted by Gasteiger charge is 2.23. The van der Waals surface area contributed by atoms with Gasteiger partial charge in [-0.3, -0.25) is 14.9 Å². The highest BCUT2D eigenvalue weighted by atomic mass is 32.1. The molecule has 0 bridgehead atoms. The molecule has 1 aliphatic rings. The van der Waals surface area contributed by atoms with Gasteiger partial charge in [0.05, 0.1) is 0 Å². The number of anilines is 1. The van der Waals surface area contributed by atoms with Crippen LogP contribution in [0.25, 0.3) is 0 Å². The van der Waals surface area contributed by atoms with E-state index in [-0.39, 0.29) is 22.3 Å². The molecule has 3 rings (SSSR count). The Hall–Kier alpha value is -2.39. The molecule has 1 N–H and O–H groups in total. The lowest BCUT2D eigenvalue weighted by Gasteiger charge is -2.33. The average Bonchev–Trinajstić information content (AvgIpc) is 3.11. The molecule has 1 aliphatic heterocycles. The monoisotopic (exact) mass is 380 g/mol. The molecule has 0 aliphatic carbocycles. The molecular weight excluding hydrogens is 362 g/mol. The van der Waals surface area contributed by atoms with E-state index in [2.05, 4.69) is 22.1 Å². The van der Waals surface area contributed by atoms with Crippen LogP contribution < -0.4 is 5.32 Å². The van der Waals surface area contributed by atoms with Crippen LogP contribution in [0.1, 0.15) is 27.8 Å². The summed E-state index contributed by atoms with van der Waals surface area (Å²) >= 11 is 1.11. The van der Waals surface area contributed by atoms with Crippen molar-refractivity contribution in [2.75, 3.05) is 38.0 Å². The molecule has 2 heterocycles. The van der Waals surface area contributed by atoms with Crippen molar-refractivity contribution in [3.8, 4) is 0 Å². The van der Waals surface area contributed by atoms with Crippen molar-refractivity contribution in [2.24, 2.45) is 0 Å². The van der Waals surface area contributed by atoms with Crippen molar-refractivity contribution >= 4 is 28.3 Å². The maximum absolute atomic E-state index is 13.2. The lowest BCUT2D eigenvalue weighted by Crippen LogP contribution is -2.48. The molecule has 1 aromatic carbocycles. The van der Waals surface area contributed by atoms with Crippen molar-refractivity contribution in [1.29, 1.82) is 0 Å². The molecule has 26 heavy (non-hydrogen) atoms. The van der Waals surface area contributed by atoms with Gasteiger partial charge >= 0.3 is 0 Å². The number of nitrogens with zero attached hydrogens (tertiary/aromatic N) is 3. The minimum absolute atomic E-state index is 0.0253. The van der Waals surface area contributed by atoms with Gasteiger partial charge in [0.25, 0.3) is 11.8 Å². The smallest absolute Gasteiger partial charge is 0.273 e. The molecule has 2 aromatic rings. The minimum Gasteiger partial charge on any atom is -0.335 e. The summed E-state index contributed by atoms with van der Waals surface area (Å²) in [6.07, 6.45) is 0. The maximum atomic E-state index is 13.2. The molecule has 2 amide bonds. The molecule has 1 fully saturated rings. The van der Waals surface area contributed by atoms with Crippen molar-refractivity contribution in [3.63, 3.8) is 0 Å². The van der Waals surface area contributed by atoms with Crippen LogP contribution in [0.4, 0.5) is 13.9 Å². The highest BCUT2D eigenvalue weighted by molar-refractivity contribution is 7.14. The summed E-state index contributed by atoms with van der Waals surface area (Å²) < 4.78 is 26.2. The van der Waals surface area contributed by atoms with Crippen molar-refractivity contribution in [2.45, 2.75) is 6.92 Å². The van der Waals surface area contributed by atoms with Gasteiger partial charge in [0.15, 0.2) is 16.8 Å². The van der Waals surface area contributed by atoms with Gasteiger partial charge in [-0.25, -0.2) is 13.8 Å². The molecule has 138 valence electrons. The molecule has 0 radical (unpaired) electrons. The van der Waals surface area contributed by atoms with Gasteiger partial charge in [-0.15, -0.1) is 11.3 Å². The van der Waals surface area contributed by atoms with Crippen LogP contribution in [-0.4, -0.2) is 59.3 Å². The summed E-state index contributed by atoms with van der Waals surface area (Å²) in [6, 6.07) is 2.88. The molecule has 1 aromatic heterocycles. The van der Waals surface area contributed by atoms with E-state index in [1.165, 1.54) is 6.07 Å². The molecule has 0 spiro atoms. The highest BCUT2D eigenvalue weighted by Crippen LogP contribution is 2.19. The number of carbonyl (C=O) groups is 2. The predicted molar refractivity (Wildman–Crippen MR) is 94.4 cm³/mol. The fourth-order valence-corrected chi connectivity index (χ4v) is 3.34. The third-order valence-electron chi connectivity index (χ3n) is 4.23. The van der Waals surface area contributed by atoms with Gasteiger partial charge in [-0.2, -0.15) is 0 Å². The Bertz CT molecular complexity index is 819. The number of nitrogens with one attached hydrogen (secondary N) is 1. The Morgan fingerprint density at radius 1 is 1.19 bits per heavy atom. The summed E-state index contributed by atoms with van der Waals surface area (Å²) in [6.45, 7) is 5.97. The Balaban J connectivity index is 1.63. The fourth-order valence-electron chi connectivity index (χ4n) is 2.67. The molecule has 6 nitrogen and oxygen atoms in total. The number of thiazole rings is 1. The first-order chi connectivity index (χ1) is 12.5. The zero-order valence-corrected chi connectivity index (χ0v) is 15.0. The molecular formula is C17H18F2N4O2S. The number of rotatable bonds is 4. The predicted octanol–water partition coefficient (Wildman–Crippen LogP) is 2.45. The van der Waals surface area contributed by atoms with Crippen molar-refractivity contribution in [3.05, 3.63) is 46.5 Å². The first kappa shape index (κ1) is 18.4. The molecule has 9 heteroatoms. The van der Waals surface area contributed by atoms with E-state index in [0.29, 0.717) is 13.1 Å². The number of hydrogen-bond donors (Lipinski definition) is 1. The van der Waals surface area contributed by atoms with Gasteiger partial charge in [0.1, 0.15) is 5.69 Å². The van der Waals surface area contributed by atoms with Crippen LogP contribution in [0.2, 0.25) is 0 Å². The standard InChI is InChI=1S/C17H18F2N4O2S/c1-2-22-5-7-23(8-6-22)16(25)14-10-26-17(20-14)21-15(24)11-3-4-12(18)13(19)9-11/h3-4,9-10H,2,5-8H2,1H3,(H,20,21,24). The topological polar surface area (TPSA) is 65.5 Å². The second-order valence-electron chi connectivity index (χ2n) is 5.85. The minimum atomic E-state index is -1.10. The quantitative estimate of drug-likeness (QED) is 0.885. The number of amides is 2. The van der Waals surface area contributed by atoms with E-state index in [4.69, 9.17) is 0 Å². The van der Waals surface area contributed by atoms with E-state index in [0.717, 1.165) is 43.1 Å². The fraction of sp³-hybridized carbons (Fsp3) is 0.353. The SMILES string of the molecule is CCN1CCN(C(=O)c2csc(NC(=O)c3ccc(F)c(F)c3)n2)CC1. The van der Waals surface area contributed by atoms with Gasteiger partial charge in [0, 0.05) is 37.1 Å². The maximum Gasteiger partial charge on any atom is 0.273 e. The molecule has 0 atom stereocenters. The Kier molecular flexibility index (Phi) is 5.58. The summed E-state index contributed by atoms with van der Waals surface area (Å²) in [7, 11) is 0. The first-order valence-electron chi connectivity index (χ1n) is 8.21. The third kappa shape index (κ3) is 4.05. The zero-order valence-electron chi connectivity index (χ0n) is 14.2. The van der Waals surface area contributed by atoms with Gasteiger partial charge in [0.2, 0.25) is 0 Å². The van der Waals surface area contributed by atoms with Crippen molar-refractivity contribution < 1.29 is 18.4 Å². The van der Waals surface area contributed by atoms with Crippen molar-refractivity contribution in [1.82, 2.24) is 14.8 Å². The zero-order chi connectivity index (χ0) is 18.7. The number of benzene rings is 1. The lowest BCUT2D eigenvalue weighted by molar-refractivity contribution is 0.0638. The van der Waals surface area contributed by atoms with Crippen LogP contribution in [-0.2, 0) is 0 Å². The average molecular weight is 380 g/mol. The van der Waals surface area contributed by atoms with Gasteiger partial charge < -0.3 is 9.80 Å². The number of likely N-dealkylation sites (N-methyl/N-ethyl adjacent to an activating group) is 1. The Morgan fingerprint density at radius 2 is 1.92 bits per heavy atom. The summed E-state index contributed by atoms with van der Waals surface area (Å²) in [5, 5.41) is 4.31. The number of carbonyl (C=O) groups excluding carboxylic acids is 2. The largest absolute Gasteiger partial charge is 0.335 e. The van der Waals surface area contributed by atoms with Crippen LogP contribution in [0.3, 0.4) is 0 Å². The van der Waals surface area contributed by atoms with Crippen LogP contribution in [0.5, 0.6) is 0 Å². The van der Waals surface area contributed by atoms with E-state index in [1.807, 2.05) is 0 Å². The summed E-state index contributed by atoms with van der Waals surface area (Å²) in [5.41, 5.74) is 0.239. The second-order valence-corrected chi connectivity index (χ2v) is 6.71. The van der Waals surface area contributed by atoms with E-state index < -0.39 is 17.5 Å². The van der Waals surface area contributed by atoms with E-state index in [9.17, 15) is 18.4 Å². The molecule has 1 saturated heterocycles. The molecule has 0 saturated carbocycles. The van der Waals surface area contributed by atoms with Crippen LogP contribution in [0.15, 0.2) is 23.6 Å². The lowest BCUT2D eigenvalue weighted by atomic mass is 10.2. The first-order valence-corrected chi connectivity index (χ1v) is 9.09. The molecule has 0 unspecified atom stereocenters. The normalized spacial score (nSPS) is 15.1. The summed E-state index contributed by atoms with van der Waals surface area (Å²) in [4.78, 5) is 32.7. The number of aromatic nitrogens is 1. The van der Waals surface area contributed by atoms with Crippen LogP contribution >= 0.6 is 11.3 Å². The van der Waals surface area contributed by atoms with Gasteiger partial charge in [-0.05, 0) is 24.7 Å².